The summed E-state index contributed by atoms with van der Waals surface area (Å²) in [5.41, 5.74) is 9.40. The monoisotopic (exact) mass is 652 g/mol. The van der Waals surface area contributed by atoms with Crippen LogP contribution >= 0.6 is 11.3 Å². The van der Waals surface area contributed by atoms with Gasteiger partial charge in [0.05, 0.1) is 4.70 Å². The Labute approximate surface area is 292 Å². The molecule has 0 aliphatic carbocycles. The predicted molar refractivity (Wildman–Crippen MR) is 215 cm³/mol. The molecule has 11 rings (SSSR count). The first kappa shape index (κ1) is 27.7. The highest BCUT2D eigenvalue weighted by atomic mass is 32.1. The summed E-state index contributed by atoms with van der Waals surface area (Å²) in [5.74, 6) is 0. The lowest BCUT2D eigenvalue weighted by Gasteiger charge is -2.18. The fraction of sp³-hybridized carbons (Fsp3) is 0. The van der Waals surface area contributed by atoms with E-state index < -0.39 is 0 Å². The molecule has 2 heterocycles. The van der Waals surface area contributed by atoms with Gasteiger partial charge in [-0.15, -0.1) is 11.3 Å². The van der Waals surface area contributed by atoms with Crippen LogP contribution in [0.2, 0.25) is 0 Å². The highest BCUT2D eigenvalue weighted by Gasteiger charge is 2.18. The molecule has 0 atom stereocenters. The Morgan fingerprint density at radius 3 is 1.70 bits per heavy atom. The van der Waals surface area contributed by atoms with Crippen LogP contribution in [0.25, 0.3) is 108 Å². The molecule has 0 N–H and O–H groups in total. The van der Waals surface area contributed by atoms with Gasteiger partial charge in [0.2, 0.25) is 0 Å². The fourth-order valence-electron chi connectivity index (χ4n) is 8.15. The van der Waals surface area contributed by atoms with E-state index in [9.17, 15) is 0 Å². The average molecular weight is 653 g/mol. The van der Waals surface area contributed by atoms with Crippen molar-refractivity contribution in [2.75, 3.05) is 0 Å². The number of hydrogen-bond acceptors (Lipinski definition) is 2. The van der Waals surface area contributed by atoms with Crippen molar-refractivity contribution in [3.63, 3.8) is 0 Å². The number of para-hydroxylation sites is 1. The first-order valence-electron chi connectivity index (χ1n) is 17.1. The number of furan rings is 1. The molecule has 9 aromatic carbocycles. The van der Waals surface area contributed by atoms with Gasteiger partial charge in [0.25, 0.3) is 0 Å². The molecular weight excluding hydrogens is 625 g/mol. The molecule has 0 amide bonds. The molecule has 232 valence electrons. The molecular formula is C48H28OS. The second kappa shape index (κ2) is 10.6. The van der Waals surface area contributed by atoms with E-state index >= 15 is 0 Å². The lowest BCUT2D eigenvalue weighted by atomic mass is 9.85. The zero-order chi connectivity index (χ0) is 32.8. The number of rotatable bonds is 3. The van der Waals surface area contributed by atoms with Gasteiger partial charge in [-0.05, 0) is 102 Å². The first-order chi connectivity index (χ1) is 24.8. The molecule has 11 aromatic rings. The fourth-order valence-corrected chi connectivity index (χ4v) is 9.37. The quantitative estimate of drug-likeness (QED) is 0.173. The molecule has 0 aliphatic heterocycles. The van der Waals surface area contributed by atoms with Crippen LogP contribution in [0.4, 0.5) is 0 Å². The summed E-state index contributed by atoms with van der Waals surface area (Å²) in [6.07, 6.45) is 0. The molecule has 50 heavy (non-hydrogen) atoms. The molecule has 2 aromatic heterocycles. The lowest BCUT2D eigenvalue weighted by molar-refractivity contribution is 0.673. The maximum atomic E-state index is 6.41. The summed E-state index contributed by atoms with van der Waals surface area (Å²) in [6, 6.07) is 62.1. The number of benzene rings is 9. The normalized spacial score (nSPS) is 12.0. The molecule has 0 saturated carbocycles. The minimum absolute atomic E-state index is 0.942. The maximum absolute atomic E-state index is 6.41. The zero-order valence-corrected chi connectivity index (χ0v) is 27.8. The van der Waals surface area contributed by atoms with Crippen LogP contribution in [0.1, 0.15) is 0 Å². The van der Waals surface area contributed by atoms with Gasteiger partial charge in [0.15, 0.2) is 5.58 Å². The second-order valence-electron chi connectivity index (χ2n) is 13.2. The van der Waals surface area contributed by atoms with Gasteiger partial charge in [-0.3, -0.25) is 0 Å². The minimum atomic E-state index is 0.942. The largest absolute Gasteiger partial charge is 0.455 e. The zero-order valence-electron chi connectivity index (χ0n) is 27.0. The molecule has 0 unspecified atom stereocenters. The highest BCUT2D eigenvalue weighted by molar-refractivity contribution is 7.26. The Kier molecular flexibility index (Phi) is 5.89. The van der Waals surface area contributed by atoms with E-state index in [2.05, 4.69) is 164 Å². The molecule has 0 aliphatic rings. The molecule has 0 spiro atoms. The molecule has 1 nitrogen and oxygen atoms in total. The minimum Gasteiger partial charge on any atom is -0.455 e. The maximum Gasteiger partial charge on any atom is 0.153 e. The van der Waals surface area contributed by atoms with E-state index in [0.717, 1.165) is 11.2 Å². The smallest absolute Gasteiger partial charge is 0.153 e. The van der Waals surface area contributed by atoms with Crippen molar-refractivity contribution >= 4 is 85.8 Å². The van der Waals surface area contributed by atoms with Gasteiger partial charge in [-0.2, -0.15) is 0 Å². The molecule has 0 fully saturated rings. The van der Waals surface area contributed by atoms with Gasteiger partial charge in [0.1, 0.15) is 5.58 Å². The Morgan fingerprint density at radius 2 is 0.940 bits per heavy atom. The van der Waals surface area contributed by atoms with Crippen LogP contribution in [-0.4, -0.2) is 0 Å². The first-order valence-corrected chi connectivity index (χ1v) is 17.9. The summed E-state index contributed by atoms with van der Waals surface area (Å²) in [4.78, 5) is 0. The van der Waals surface area contributed by atoms with E-state index in [-0.39, 0.29) is 0 Å². The van der Waals surface area contributed by atoms with Gasteiger partial charge in [0, 0.05) is 26.2 Å². The Morgan fingerprint density at radius 1 is 0.340 bits per heavy atom. The Bertz CT molecular complexity index is 3090. The van der Waals surface area contributed by atoms with Crippen LogP contribution in [0.5, 0.6) is 0 Å². The summed E-state index contributed by atoms with van der Waals surface area (Å²) >= 11 is 1.83. The number of thiophene rings is 1. The second-order valence-corrected chi connectivity index (χ2v) is 14.3. The summed E-state index contributed by atoms with van der Waals surface area (Å²) in [7, 11) is 0. The van der Waals surface area contributed by atoms with Gasteiger partial charge in [-0.1, -0.05) is 133 Å². The van der Waals surface area contributed by atoms with E-state index in [1.165, 1.54) is 96.6 Å². The molecule has 0 radical (unpaired) electrons. The van der Waals surface area contributed by atoms with Crippen molar-refractivity contribution in [2.45, 2.75) is 0 Å². The third kappa shape index (κ3) is 4.06. The van der Waals surface area contributed by atoms with Crippen molar-refractivity contribution in [3.05, 3.63) is 170 Å². The summed E-state index contributed by atoms with van der Waals surface area (Å²) in [5, 5.41) is 12.5. The molecule has 0 bridgehead atoms. The van der Waals surface area contributed by atoms with Crippen LogP contribution in [0.3, 0.4) is 0 Å². The summed E-state index contributed by atoms with van der Waals surface area (Å²) < 4.78 is 8.91. The highest BCUT2D eigenvalue weighted by Crippen LogP contribution is 2.45. The number of hydrogen-bond donors (Lipinski definition) is 0. The number of fused-ring (bicyclic) bond motifs is 10. The average Bonchev–Trinajstić information content (AvgIpc) is 3.74. The van der Waals surface area contributed by atoms with E-state index in [1.54, 1.807) is 0 Å². The predicted octanol–water partition coefficient (Wildman–Crippen LogP) is 14.4. The van der Waals surface area contributed by atoms with E-state index in [4.69, 9.17) is 4.42 Å². The van der Waals surface area contributed by atoms with Gasteiger partial charge < -0.3 is 4.42 Å². The van der Waals surface area contributed by atoms with Crippen molar-refractivity contribution in [1.82, 2.24) is 0 Å². The van der Waals surface area contributed by atoms with Gasteiger partial charge in [-0.25, -0.2) is 0 Å². The summed E-state index contributed by atoms with van der Waals surface area (Å²) in [6.45, 7) is 0. The van der Waals surface area contributed by atoms with Crippen LogP contribution in [0, 0.1) is 0 Å². The van der Waals surface area contributed by atoms with E-state index in [0.29, 0.717) is 0 Å². The third-order valence-electron chi connectivity index (χ3n) is 10.4. The van der Waals surface area contributed by atoms with Crippen LogP contribution in [0.15, 0.2) is 174 Å². The third-order valence-corrected chi connectivity index (χ3v) is 11.6. The van der Waals surface area contributed by atoms with Crippen LogP contribution < -0.4 is 0 Å². The van der Waals surface area contributed by atoms with E-state index in [1.807, 2.05) is 17.4 Å². The standard InChI is InChI=1S/C48H28OS/c1-2-11-29(12-3-1)45-36-16-4-6-18-38(36)46(39-19-7-5-17-37(39)45)33-14-10-13-30(25-33)31-21-22-32-27-42-41-24-23-40-35-15-8-9-20-43(35)49-47(40)48(41)50-44(42)28-34(32)26-31/h1-28H. The van der Waals surface area contributed by atoms with Gasteiger partial charge >= 0.3 is 0 Å². The molecule has 0 saturated heterocycles. The van der Waals surface area contributed by atoms with Crippen LogP contribution in [-0.2, 0) is 0 Å². The SMILES string of the molecule is c1ccc(-c2c3ccccc3c(-c3cccc(-c4ccc5cc6c(cc5c4)sc4c6ccc5c6ccccc6oc54)c3)c3ccccc23)cc1. The van der Waals surface area contributed by atoms with Crippen molar-refractivity contribution < 1.29 is 4.42 Å². The topological polar surface area (TPSA) is 13.1 Å². The lowest BCUT2D eigenvalue weighted by Crippen LogP contribution is -1.91. The van der Waals surface area contributed by atoms with Crippen molar-refractivity contribution in [2.24, 2.45) is 0 Å². The van der Waals surface area contributed by atoms with Crippen molar-refractivity contribution in [1.29, 1.82) is 0 Å². The Balaban J connectivity index is 1.08. The Hall–Kier alpha value is -6.22. The van der Waals surface area contributed by atoms with Crippen molar-refractivity contribution in [3.8, 4) is 33.4 Å². The molecule has 2 heteroatoms.